The number of rotatable bonds is 14. The van der Waals surface area contributed by atoms with Gasteiger partial charge in [-0.05, 0) is 84.8 Å². The van der Waals surface area contributed by atoms with Gasteiger partial charge in [-0.25, -0.2) is 19.2 Å². The number of ether oxygens (including phenoxy) is 7. The summed E-state index contributed by atoms with van der Waals surface area (Å²) in [5, 5.41) is 0. The van der Waals surface area contributed by atoms with Gasteiger partial charge in [0.2, 0.25) is 12.4 Å². The molecule has 2 N–H and O–H groups in total. The molecule has 310 valence electrons. The van der Waals surface area contributed by atoms with Crippen LogP contribution >= 0.6 is 0 Å². The van der Waals surface area contributed by atoms with Crippen LogP contribution in [-0.4, -0.2) is 67.8 Å². The van der Waals surface area contributed by atoms with Crippen molar-refractivity contribution in [2.24, 2.45) is 0 Å². The minimum absolute atomic E-state index is 0.155. The van der Waals surface area contributed by atoms with E-state index in [-0.39, 0.29) is 28.0 Å². The molecule has 12 heteroatoms. The van der Waals surface area contributed by atoms with Gasteiger partial charge in [-0.15, -0.1) is 0 Å². The Hall–Kier alpha value is -7.44. The Morgan fingerprint density at radius 3 is 1.57 bits per heavy atom. The summed E-state index contributed by atoms with van der Waals surface area (Å²) in [7, 11) is 1.58. The summed E-state index contributed by atoms with van der Waals surface area (Å²) in [6, 6.07) is 45.3. The molecule has 1 heterocycles. The van der Waals surface area contributed by atoms with Gasteiger partial charge < -0.3 is 38.9 Å². The van der Waals surface area contributed by atoms with E-state index in [1.165, 1.54) is 6.92 Å². The number of anilines is 1. The van der Waals surface area contributed by atoms with Crippen molar-refractivity contribution in [3.63, 3.8) is 0 Å². The average molecular weight is 822 g/mol. The van der Waals surface area contributed by atoms with E-state index in [1.807, 2.05) is 24.3 Å². The first-order chi connectivity index (χ1) is 29.6. The molecule has 5 atom stereocenters. The number of hydrogen-bond acceptors (Lipinski definition) is 12. The molecule has 0 radical (unpaired) electrons. The Kier molecular flexibility index (Phi) is 13.1. The lowest BCUT2D eigenvalue weighted by atomic mass is 9.87. The lowest BCUT2D eigenvalue weighted by molar-refractivity contribution is -0.310. The van der Waals surface area contributed by atoms with Crippen molar-refractivity contribution in [3.05, 3.63) is 197 Å². The van der Waals surface area contributed by atoms with E-state index in [9.17, 15) is 19.2 Å². The fraction of sp³-hybridized carbons (Fsp3) is 0.184. The summed E-state index contributed by atoms with van der Waals surface area (Å²) < 4.78 is 43.4. The smallest absolute Gasteiger partial charge is 0.338 e. The highest BCUT2D eigenvalue weighted by molar-refractivity contribution is 5.91. The van der Waals surface area contributed by atoms with Crippen LogP contribution < -0.4 is 15.2 Å². The maximum atomic E-state index is 14.1. The van der Waals surface area contributed by atoms with Crippen LogP contribution in [0.5, 0.6) is 11.5 Å². The number of methoxy groups -OCH3 is 1. The maximum absolute atomic E-state index is 14.1. The van der Waals surface area contributed by atoms with E-state index >= 15 is 0 Å². The van der Waals surface area contributed by atoms with Crippen molar-refractivity contribution in [3.8, 4) is 11.5 Å². The SMILES string of the molecule is COc1ccc(Cc2ccc(N)cc2O[C@@H]2O[C@](C)(COC(=O)c3ccccc3)[C@@H](OC(=O)c3ccccc3)[C@H](OC(=O)c3ccccc3)[C@H]2OC(=O)c2ccccc2)cc1. The lowest BCUT2D eigenvalue weighted by Crippen LogP contribution is -2.68. The van der Waals surface area contributed by atoms with E-state index < -0.39 is 60.7 Å². The highest BCUT2D eigenvalue weighted by Gasteiger charge is 2.60. The van der Waals surface area contributed by atoms with Crippen molar-refractivity contribution < 1.29 is 52.3 Å². The molecular formula is C49H43NO11. The van der Waals surface area contributed by atoms with E-state index in [0.717, 1.165) is 5.56 Å². The van der Waals surface area contributed by atoms with Gasteiger partial charge in [0.05, 0.1) is 29.4 Å². The van der Waals surface area contributed by atoms with Gasteiger partial charge in [-0.3, -0.25) is 0 Å². The molecule has 7 rings (SSSR count). The van der Waals surface area contributed by atoms with Gasteiger partial charge in [-0.2, -0.15) is 0 Å². The normalized spacial score (nSPS) is 19.4. The number of carbonyl (C=O) groups is 4. The molecule has 0 amide bonds. The number of hydrogen-bond donors (Lipinski definition) is 1. The predicted molar refractivity (Wildman–Crippen MR) is 224 cm³/mol. The van der Waals surface area contributed by atoms with Crippen molar-refractivity contribution in [1.29, 1.82) is 0 Å². The zero-order valence-corrected chi connectivity index (χ0v) is 33.4. The van der Waals surface area contributed by atoms with Gasteiger partial charge in [-0.1, -0.05) is 91.0 Å². The Bertz CT molecular complexity index is 2430. The Balaban J connectivity index is 1.35. The number of benzene rings is 6. The summed E-state index contributed by atoms with van der Waals surface area (Å²) >= 11 is 0. The standard InChI is InChI=1S/C49H43NO11/c1-49(31-56-44(51)33-15-7-3-8-16-33)43(60-47(54)36-21-13-6-14-22-36)41(58-45(52)34-17-9-4-10-18-34)42(59-46(53)35-19-11-5-12-20-35)48(61-49)57-40-30-38(50)26-25-37(40)29-32-23-27-39(55-2)28-24-32/h3-28,30,41-43,48H,29,31,50H2,1-2H3/t41-,42-,43+,48-,49-/m1/s1. The van der Waals surface area contributed by atoms with Gasteiger partial charge in [0.25, 0.3) is 0 Å². The maximum Gasteiger partial charge on any atom is 0.338 e. The van der Waals surface area contributed by atoms with E-state index in [2.05, 4.69) is 0 Å². The van der Waals surface area contributed by atoms with Crippen LogP contribution in [0.2, 0.25) is 0 Å². The van der Waals surface area contributed by atoms with Crippen LogP contribution in [0.25, 0.3) is 0 Å². The molecule has 0 bridgehead atoms. The first kappa shape index (κ1) is 41.7. The molecule has 1 aliphatic heterocycles. The van der Waals surface area contributed by atoms with Gasteiger partial charge >= 0.3 is 23.9 Å². The summed E-state index contributed by atoms with van der Waals surface area (Å²) in [5.74, 6) is -2.24. The highest BCUT2D eigenvalue weighted by Crippen LogP contribution is 2.39. The van der Waals surface area contributed by atoms with Gasteiger partial charge in [0, 0.05) is 18.2 Å². The summed E-state index contributed by atoms with van der Waals surface area (Å²) in [6.45, 7) is 0.989. The number of carbonyl (C=O) groups excluding carboxylic acids is 4. The van der Waals surface area contributed by atoms with Crippen LogP contribution in [-0.2, 0) is 30.1 Å². The average Bonchev–Trinajstić information content (AvgIpc) is 3.30. The minimum atomic E-state index is -1.83. The number of nitrogen functional groups attached to an aromatic ring is 1. The molecule has 12 nitrogen and oxygen atoms in total. The first-order valence-corrected chi connectivity index (χ1v) is 19.5. The molecule has 1 aliphatic rings. The van der Waals surface area contributed by atoms with E-state index in [4.69, 9.17) is 38.9 Å². The topological polar surface area (TPSA) is 159 Å². The molecular weight excluding hydrogens is 779 g/mol. The third kappa shape index (κ3) is 10.2. The second-order valence-electron chi connectivity index (χ2n) is 14.4. The third-order valence-electron chi connectivity index (χ3n) is 10.0. The van der Waals surface area contributed by atoms with Gasteiger partial charge in [0.15, 0.2) is 12.2 Å². The molecule has 6 aromatic carbocycles. The van der Waals surface area contributed by atoms with Crippen molar-refractivity contribution in [2.75, 3.05) is 19.5 Å². The molecule has 61 heavy (non-hydrogen) atoms. The number of esters is 4. The molecule has 0 aliphatic carbocycles. The third-order valence-corrected chi connectivity index (χ3v) is 10.0. The summed E-state index contributed by atoms with van der Waals surface area (Å²) in [5.41, 5.74) is 7.17. The van der Waals surface area contributed by atoms with Crippen LogP contribution in [0.15, 0.2) is 164 Å². The minimum Gasteiger partial charge on any atom is -0.497 e. The van der Waals surface area contributed by atoms with Crippen molar-refractivity contribution >= 4 is 29.6 Å². The Labute approximate surface area is 352 Å². The second-order valence-corrected chi connectivity index (χ2v) is 14.4. The number of nitrogens with two attached hydrogens (primary N) is 1. The Morgan fingerprint density at radius 2 is 1.07 bits per heavy atom. The first-order valence-electron chi connectivity index (χ1n) is 19.5. The molecule has 0 aromatic heterocycles. The van der Waals surface area contributed by atoms with E-state index in [1.54, 1.807) is 147 Å². The van der Waals surface area contributed by atoms with Crippen molar-refractivity contribution in [1.82, 2.24) is 0 Å². The largest absolute Gasteiger partial charge is 0.497 e. The van der Waals surface area contributed by atoms with Crippen LogP contribution in [0, 0.1) is 0 Å². The molecule has 1 saturated heterocycles. The van der Waals surface area contributed by atoms with E-state index in [0.29, 0.717) is 23.4 Å². The monoisotopic (exact) mass is 821 g/mol. The van der Waals surface area contributed by atoms with Crippen LogP contribution in [0.1, 0.15) is 59.5 Å². The van der Waals surface area contributed by atoms with Crippen LogP contribution in [0.4, 0.5) is 5.69 Å². The second kappa shape index (κ2) is 19.1. The lowest BCUT2D eigenvalue weighted by Gasteiger charge is -2.49. The zero-order valence-electron chi connectivity index (χ0n) is 33.4. The van der Waals surface area contributed by atoms with Crippen molar-refractivity contribution in [2.45, 2.75) is 43.5 Å². The molecule has 1 fully saturated rings. The fourth-order valence-electron chi connectivity index (χ4n) is 6.80. The quantitative estimate of drug-likeness (QED) is 0.0644. The zero-order chi connectivity index (χ0) is 42.8. The summed E-state index contributed by atoms with van der Waals surface area (Å²) in [6.07, 6.45) is -6.04. The Morgan fingerprint density at radius 1 is 0.590 bits per heavy atom. The highest BCUT2D eigenvalue weighted by atomic mass is 16.7. The summed E-state index contributed by atoms with van der Waals surface area (Å²) in [4.78, 5) is 55.6. The molecule has 6 aromatic rings. The fourth-order valence-corrected chi connectivity index (χ4v) is 6.80. The molecule has 0 unspecified atom stereocenters. The van der Waals surface area contributed by atoms with Crippen LogP contribution in [0.3, 0.4) is 0 Å². The van der Waals surface area contributed by atoms with Gasteiger partial charge in [0.1, 0.15) is 23.7 Å². The predicted octanol–water partition coefficient (Wildman–Crippen LogP) is 7.90. The molecule has 0 spiro atoms. The molecule has 0 saturated carbocycles.